The van der Waals surface area contributed by atoms with Gasteiger partial charge >= 0.3 is 0 Å². The van der Waals surface area contributed by atoms with E-state index in [9.17, 15) is 0 Å². The van der Waals surface area contributed by atoms with E-state index in [0.717, 1.165) is 35.1 Å². The van der Waals surface area contributed by atoms with Crippen LogP contribution in [0.3, 0.4) is 0 Å². The summed E-state index contributed by atoms with van der Waals surface area (Å²) in [6.45, 7) is 0. The zero-order valence-corrected chi connectivity index (χ0v) is 11.7. The molecule has 3 nitrogen and oxygen atoms in total. The standard InChI is InChI=1S/C15H16ClN3/c1-17-15-11-6-4-8-13(11)18-14(19-15)9-10-5-2-3-7-12(10)16/h2-3,5,7H,4,6,8-9H2,1H3,(H,17,18,19). The maximum absolute atomic E-state index is 6.19. The summed E-state index contributed by atoms with van der Waals surface area (Å²) >= 11 is 6.19. The van der Waals surface area contributed by atoms with E-state index in [1.807, 2.05) is 31.3 Å². The fourth-order valence-corrected chi connectivity index (χ4v) is 2.78. The van der Waals surface area contributed by atoms with Gasteiger partial charge in [-0.25, -0.2) is 9.97 Å². The highest BCUT2D eigenvalue weighted by Crippen LogP contribution is 2.27. The van der Waals surface area contributed by atoms with Gasteiger partial charge in [-0.3, -0.25) is 0 Å². The molecule has 1 N–H and O–H groups in total. The minimum Gasteiger partial charge on any atom is -0.373 e. The quantitative estimate of drug-likeness (QED) is 0.933. The molecule has 0 amide bonds. The van der Waals surface area contributed by atoms with Gasteiger partial charge in [-0.15, -0.1) is 0 Å². The van der Waals surface area contributed by atoms with Crippen molar-refractivity contribution in [1.29, 1.82) is 0 Å². The summed E-state index contributed by atoms with van der Waals surface area (Å²) in [5.41, 5.74) is 3.55. The Bertz CT molecular complexity index is 610. The Morgan fingerprint density at radius 3 is 2.84 bits per heavy atom. The highest BCUT2D eigenvalue weighted by Gasteiger charge is 2.18. The van der Waals surface area contributed by atoms with E-state index in [1.54, 1.807) is 0 Å². The zero-order chi connectivity index (χ0) is 13.2. The van der Waals surface area contributed by atoms with Gasteiger partial charge in [0, 0.05) is 29.7 Å². The summed E-state index contributed by atoms with van der Waals surface area (Å²) < 4.78 is 0. The third-order valence-electron chi connectivity index (χ3n) is 3.52. The average molecular weight is 274 g/mol. The molecule has 0 saturated carbocycles. The van der Waals surface area contributed by atoms with Gasteiger partial charge in [0.1, 0.15) is 11.6 Å². The van der Waals surface area contributed by atoms with E-state index in [4.69, 9.17) is 11.6 Å². The van der Waals surface area contributed by atoms with E-state index < -0.39 is 0 Å². The molecule has 1 heterocycles. The number of hydrogen-bond acceptors (Lipinski definition) is 3. The second-order valence-corrected chi connectivity index (χ2v) is 5.19. The van der Waals surface area contributed by atoms with Crippen molar-refractivity contribution in [2.24, 2.45) is 0 Å². The molecular weight excluding hydrogens is 258 g/mol. The lowest BCUT2D eigenvalue weighted by atomic mass is 10.1. The fraction of sp³-hybridized carbons (Fsp3) is 0.333. The van der Waals surface area contributed by atoms with Gasteiger partial charge in [0.05, 0.1) is 0 Å². The second-order valence-electron chi connectivity index (χ2n) is 4.79. The van der Waals surface area contributed by atoms with Gasteiger partial charge in [0.25, 0.3) is 0 Å². The lowest BCUT2D eigenvalue weighted by Crippen LogP contribution is -2.06. The summed E-state index contributed by atoms with van der Waals surface area (Å²) in [5.74, 6) is 1.82. The summed E-state index contributed by atoms with van der Waals surface area (Å²) in [4.78, 5) is 9.31. The molecule has 0 bridgehead atoms. The highest BCUT2D eigenvalue weighted by atomic mass is 35.5. The molecular formula is C15H16ClN3. The predicted octanol–water partition coefficient (Wildman–Crippen LogP) is 3.25. The van der Waals surface area contributed by atoms with Gasteiger partial charge in [-0.05, 0) is 30.9 Å². The van der Waals surface area contributed by atoms with Gasteiger partial charge in [-0.1, -0.05) is 29.8 Å². The number of nitrogens with zero attached hydrogens (tertiary/aromatic N) is 2. The van der Waals surface area contributed by atoms with E-state index in [-0.39, 0.29) is 0 Å². The molecule has 98 valence electrons. The predicted molar refractivity (Wildman–Crippen MR) is 77.9 cm³/mol. The lowest BCUT2D eigenvalue weighted by molar-refractivity contribution is 0.886. The number of rotatable bonds is 3. The molecule has 1 aliphatic rings. The molecule has 0 spiro atoms. The Labute approximate surface area is 118 Å². The molecule has 0 saturated heterocycles. The molecule has 0 aliphatic heterocycles. The minimum atomic E-state index is 0.682. The van der Waals surface area contributed by atoms with Crippen LogP contribution in [-0.2, 0) is 19.3 Å². The zero-order valence-electron chi connectivity index (χ0n) is 10.9. The monoisotopic (exact) mass is 273 g/mol. The molecule has 2 aromatic rings. The summed E-state index contributed by atoms with van der Waals surface area (Å²) in [6.07, 6.45) is 4.00. The smallest absolute Gasteiger partial charge is 0.135 e. The molecule has 1 aromatic heterocycles. The average Bonchev–Trinajstić information content (AvgIpc) is 2.89. The van der Waals surface area contributed by atoms with Crippen molar-refractivity contribution in [1.82, 2.24) is 9.97 Å². The van der Waals surface area contributed by atoms with Gasteiger partial charge in [0.15, 0.2) is 0 Å². The summed E-state index contributed by atoms with van der Waals surface area (Å²) in [6, 6.07) is 7.86. The normalized spacial score (nSPS) is 13.4. The van der Waals surface area contributed by atoms with Crippen molar-refractivity contribution >= 4 is 17.4 Å². The van der Waals surface area contributed by atoms with E-state index in [1.165, 1.54) is 17.7 Å². The number of halogens is 1. The molecule has 3 rings (SSSR count). The van der Waals surface area contributed by atoms with Crippen molar-refractivity contribution in [3.8, 4) is 0 Å². The van der Waals surface area contributed by atoms with Gasteiger partial charge in [-0.2, -0.15) is 0 Å². The largest absolute Gasteiger partial charge is 0.373 e. The first-order chi connectivity index (χ1) is 9.28. The third-order valence-corrected chi connectivity index (χ3v) is 3.89. The molecule has 4 heteroatoms. The SMILES string of the molecule is CNc1nc(Cc2ccccc2Cl)nc2c1CCC2. The van der Waals surface area contributed by atoms with Crippen LogP contribution in [0.25, 0.3) is 0 Å². The second kappa shape index (κ2) is 5.17. The van der Waals surface area contributed by atoms with E-state index in [2.05, 4.69) is 15.3 Å². The maximum atomic E-state index is 6.19. The van der Waals surface area contributed by atoms with Crippen LogP contribution in [0.2, 0.25) is 5.02 Å². The Morgan fingerprint density at radius 2 is 2.05 bits per heavy atom. The number of anilines is 1. The Morgan fingerprint density at radius 1 is 1.21 bits per heavy atom. The molecule has 0 atom stereocenters. The van der Waals surface area contributed by atoms with Crippen LogP contribution in [0.15, 0.2) is 24.3 Å². The number of aryl methyl sites for hydroxylation is 1. The molecule has 1 aromatic carbocycles. The first-order valence-electron chi connectivity index (χ1n) is 6.57. The number of benzene rings is 1. The summed E-state index contributed by atoms with van der Waals surface area (Å²) in [7, 11) is 1.92. The maximum Gasteiger partial charge on any atom is 0.135 e. The Balaban J connectivity index is 1.96. The van der Waals surface area contributed by atoms with Crippen molar-refractivity contribution in [2.45, 2.75) is 25.7 Å². The fourth-order valence-electron chi connectivity index (χ4n) is 2.58. The first-order valence-corrected chi connectivity index (χ1v) is 6.95. The highest BCUT2D eigenvalue weighted by molar-refractivity contribution is 6.31. The number of nitrogens with one attached hydrogen (secondary N) is 1. The topological polar surface area (TPSA) is 37.8 Å². The van der Waals surface area contributed by atoms with Gasteiger partial charge < -0.3 is 5.32 Å². The molecule has 0 radical (unpaired) electrons. The van der Waals surface area contributed by atoms with E-state index in [0.29, 0.717) is 6.42 Å². The van der Waals surface area contributed by atoms with E-state index >= 15 is 0 Å². The molecule has 19 heavy (non-hydrogen) atoms. The minimum absolute atomic E-state index is 0.682. The Hall–Kier alpha value is -1.61. The molecule has 0 unspecified atom stereocenters. The van der Waals surface area contributed by atoms with Crippen LogP contribution in [0.1, 0.15) is 29.1 Å². The first kappa shape index (κ1) is 12.4. The van der Waals surface area contributed by atoms with Crippen molar-refractivity contribution in [3.05, 3.63) is 51.9 Å². The van der Waals surface area contributed by atoms with Gasteiger partial charge in [0.2, 0.25) is 0 Å². The molecule has 0 fully saturated rings. The van der Waals surface area contributed by atoms with Crippen LogP contribution >= 0.6 is 11.6 Å². The van der Waals surface area contributed by atoms with Crippen LogP contribution in [0.5, 0.6) is 0 Å². The number of hydrogen-bond donors (Lipinski definition) is 1. The van der Waals surface area contributed by atoms with Crippen LogP contribution < -0.4 is 5.32 Å². The number of aromatic nitrogens is 2. The Kier molecular flexibility index (Phi) is 3.38. The molecule has 1 aliphatic carbocycles. The third kappa shape index (κ3) is 2.43. The summed E-state index contributed by atoms with van der Waals surface area (Å²) in [5, 5.41) is 3.96. The van der Waals surface area contributed by atoms with Crippen molar-refractivity contribution in [2.75, 3.05) is 12.4 Å². The number of fused-ring (bicyclic) bond motifs is 1. The van der Waals surface area contributed by atoms with Crippen molar-refractivity contribution in [3.63, 3.8) is 0 Å². The van der Waals surface area contributed by atoms with Crippen molar-refractivity contribution < 1.29 is 0 Å². The lowest BCUT2D eigenvalue weighted by Gasteiger charge is -2.10. The van der Waals surface area contributed by atoms with Crippen LogP contribution in [0.4, 0.5) is 5.82 Å². The van der Waals surface area contributed by atoms with Crippen LogP contribution in [0, 0.1) is 0 Å². The van der Waals surface area contributed by atoms with Crippen LogP contribution in [-0.4, -0.2) is 17.0 Å².